The van der Waals surface area contributed by atoms with E-state index in [0.717, 1.165) is 16.4 Å². The van der Waals surface area contributed by atoms with Crippen molar-refractivity contribution < 1.29 is 0 Å². The van der Waals surface area contributed by atoms with Gasteiger partial charge in [-0.2, -0.15) is 0 Å². The van der Waals surface area contributed by atoms with E-state index in [1.807, 2.05) is 36.2 Å². The first-order chi connectivity index (χ1) is 9.08. The van der Waals surface area contributed by atoms with Crippen LogP contribution in [-0.2, 0) is 6.54 Å². The summed E-state index contributed by atoms with van der Waals surface area (Å²) in [4.78, 5) is 10.6. The van der Waals surface area contributed by atoms with Gasteiger partial charge in [-0.1, -0.05) is 42.0 Å². The standard InChI is InChI=1S/C13H13ClN4S/c1-18(8-9-4-2-3-5-10(9)14)12-7-16-11(6-17-12)13(15)19/h2-7H,8H2,1H3,(H2,15,19). The van der Waals surface area contributed by atoms with E-state index < -0.39 is 0 Å². The molecule has 1 aromatic heterocycles. The Labute approximate surface area is 122 Å². The number of benzene rings is 1. The molecule has 0 aliphatic carbocycles. The number of halogens is 1. The fraction of sp³-hybridized carbons (Fsp3) is 0.154. The predicted molar refractivity (Wildman–Crippen MR) is 81.5 cm³/mol. The molecule has 2 aromatic rings. The topological polar surface area (TPSA) is 55.0 Å². The third kappa shape index (κ3) is 3.39. The number of hydrogen-bond donors (Lipinski definition) is 1. The molecule has 0 atom stereocenters. The maximum atomic E-state index is 6.13. The first-order valence-electron chi connectivity index (χ1n) is 5.64. The molecule has 0 bridgehead atoms. The minimum atomic E-state index is 0.243. The van der Waals surface area contributed by atoms with Crippen LogP contribution in [-0.4, -0.2) is 22.0 Å². The van der Waals surface area contributed by atoms with Gasteiger partial charge in [0, 0.05) is 18.6 Å². The van der Waals surface area contributed by atoms with Crippen molar-refractivity contribution in [2.75, 3.05) is 11.9 Å². The lowest BCUT2D eigenvalue weighted by atomic mass is 10.2. The molecule has 0 radical (unpaired) electrons. The van der Waals surface area contributed by atoms with Crippen LogP contribution in [0.1, 0.15) is 11.3 Å². The van der Waals surface area contributed by atoms with Gasteiger partial charge < -0.3 is 10.6 Å². The minimum Gasteiger partial charge on any atom is -0.388 e. The molecule has 0 saturated carbocycles. The molecule has 0 saturated heterocycles. The Morgan fingerprint density at radius 1 is 1.32 bits per heavy atom. The lowest BCUT2D eigenvalue weighted by Crippen LogP contribution is -2.19. The fourth-order valence-corrected chi connectivity index (χ4v) is 1.91. The first-order valence-corrected chi connectivity index (χ1v) is 6.43. The van der Waals surface area contributed by atoms with Gasteiger partial charge in [-0.3, -0.25) is 0 Å². The molecule has 0 aliphatic heterocycles. The summed E-state index contributed by atoms with van der Waals surface area (Å²) in [6.45, 7) is 0.654. The van der Waals surface area contributed by atoms with Gasteiger partial charge in [0.2, 0.25) is 0 Å². The van der Waals surface area contributed by atoms with Crippen molar-refractivity contribution in [3.05, 3.63) is 52.9 Å². The molecule has 0 unspecified atom stereocenters. The van der Waals surface area contributed by atoms with Crippen LogP contribution in [0.5, 0.6) is 0 Å². The van der Waals surface area contributed by atoms with E-state index in [1.54, 1.807) is 12.4 Å². The van der Waals surface area contributed by atoms with Crippen LogP contribution < -0.4 is 10.6 Å². The zero-order valence-electron chi connectivity index (χ0n) is 10.4. The molecule has 4 nitrogen and oxygen atoms in total. The third-order valence-corrected chi connectivity index (χ3v) is 3.22. The second kappa shape index (κ2) is 5.95. The number of thiocarbonyl (C=S) groups is 1. The van der Waals surface area contributed by atoms with E-state index in [-0.39, 0.29) is 4.99 Å². The number of nitrogens with two attached hydrogens (primary N) is 1. The second-order valence-corrected chi connectivity index (χ2v) is 4.92. The van der Waals surface area contributed by atoms with Crippen LogP contribution in [0.25, 0.3) is 0 Å². The maximum absolute atomic E-state index is 6.13. The molecule has 19 heavy (non-hydrogen) atoms. The van der Waals surface area contributed by atoms with Crippen LogP contribution >= 0.6 is 23.8 Å². The highest BCUT2D eigenvalue weighted by Crippen LogP contribution is 2.18. The summed E-state index contributed by atoms with van der Waals surface area (Å²) in [6, 6.07) is 7.71. The lowest BCUT2D eigenvalue weighted by Gasteiger charge is -2.18. The Kier molecular flexibility index (Phi) is 4.29. The predicted octanol–water partition coefficient (Wildman–Crippen LogP) is 2.40. The molecule has 2 rings (SSSR count). The number of hydrogen-bond acceptors (Lipinski definition) is 4. The summed E-state index contributed by atoms with van der Waals surface area (Å²) in [7, 11) is 1.92. The van der Waals surface area contributed by atoms with E-state index >= 15 is 0 Å². The summed E-state index contributed by atoms with van der Waals surface area (Å²) in [6.07, 6.45) is 3.21. The number of anilines is 1. The summed E-state index contributed by atoms with van der Waals surface area (Å²) in [5.41, 5.74) is 7.03. The Morgan fingerprint density at radius 3 is 2.63 bits per heavy atom. The van der Waals surface area contributed by atoms with Crippen molar-refractivity contribution in [3.63, 3.8) is 0 Å². The Morgan fingerprint density at radius 2 is 2.05 bits per heavy atom. The molecule has 0 fully saturated rings. The van der Waals surface area contributed by atoms with Gasteiger partial charge in [0.15, 0.2) is 0 Å². The highest BCUT2D eigenvalue weighted by atomic mass is 35.5. The van der Waals surface area contributed by atoms with Gasteiger partial charge in [0.05, 0.1) is 12.4 Å². The molecule has 98 valence electrons. The molecule has 1 aromatic carbocycles. The van der Waals surface area contributed by atoms with Gasteiger partial charge in [-0.05, 0) is 11.6 Å². The van der Waals surface area contributed by atoms with Crippen molar-refractivity contribution in [1.29, 1.82) is 0 Å². The largest absolute Gasteiger partial charge is 0.388 e. The minimum absolute atomic E-state index is 0.243. The van der Waals surface area contributed by atoms with Crippen molar-refractivity contribution in [3.8, 4) is 0 Å². The molecular formula is C13H13ClN4S. The van der Waals surface area contributed by atoms with E-state index in [1.165, 1.54) is 0 Å². The summed E-state index contributed by atoms with van der Waals surface area (Å²) in [5, 5.41) is 0.738. The van der Waals surface area contributed by atoms with Gasteiger partial charge in [0.1, 0.15) is 16.5 Å². The van der Waals surface area contributed by atoms with Crippen LogP contribution in [0.4, 0.5) is 5.82 Å². The fourth-order valence-electron chi connectivity index (χ4n) is 1.61. The molecule has 1 heterocycles. The van der Waals surface area contributed by atoms with Crippen molar-refractivity contribution in [2.45, 2.75) is 6.54 Å². The van der Waals surface area contributed by atoms with Gasteiger partial charge in [0.25, 0.3) is 0 Å². The van der Waals surface area contributed by atoms with Crippen LogP contribution in [0.2, 0.25) is 5.02 Å². The molecule has 0 spiro atoms. The first kappa shape index (κ1) is 13.7. The Bertz CT molecular complexity index is 585. The van der Waals surface area contributed by atoms with Crippen LogP contribution in [0.3, 0.4) is 0 Å². The van der Waals surface area contributed by atoms with Gasteiger partial charge in [-0.15, -0.1) is 0 Å². The highest BCUT2D eigenvalue weighted by Gasteiger charge is 2.07. The number of nitrogens with zero attached hydrogens (tertiary/aromatic N) is 3. The van der Waals surface area contributed by atoms with E-state index in [0.29, 0.717) is 12.2 Å². The summed E-state index contributed by atoms with van der Waals surface area (Å²) in [5.74, 6) is 0.736. The van der Waals surface area contributed by atoms with E-state index in [2.05, 4.69) is 9.97 Å². The third-order valence-electron chi connectivity index (χ3n) is 2.65. The number of aromatic nitrogens is 2. The number of rotatable bonds is 4. The zero-order chi connectivity index (χ0) is 13.8. The van der Waals surface area contributed by atoms with Gasteiger partial charge in [-0.25, -0.2) is 9.97 Å². The zero-order valence-corrected chi connectivity index (χ0v) is 11.9. The molecular weight excluding hydrogens is 280 g/mol. The quantitative estimate of drug-likeness (QED) is 0.877. The molecule has 0 amide bonds. The maximum Gasteiger partial charge on any atom is 0.147 e. The highest BCUT2D eigenvalue weighted by molar-refractivity contribution is 7.80. The van der Waals surface area contributed by atoms with E-state index in [9.17, 15) is 0 Å². The molecule has 0 aliphatic rings. The SMILES string of the molecule is CN(Cc1ccccc1Cl)c1cnc(C(N)=S)cn1. The Balaban J connectivity index is 2.14. The lowest BCUT2D eigenvalue weighted by molar-refractivity contribution is 0.889. The van der Waals surface area contributed by atoms with E-state index in [4.69, 9.17) is 29.6 Å². The monoisotopic (exact) mass is 292 g/mol. The Hall–Kier alpha value is -1.72. The second-order valence-electron chi connectivity index (χ2n) is 4.07. The normalized spacial score (nSPS) is 10.2. The smallest absolute Gasteiger partial charge is 0.147 e. The average Bonchev–Trinajstić information content (AvgIpc) is 2.41. The molecule has 2 N–H and O–H groups in total. The average molecular weight is 293 g/mol. The summed E-state index contributed by atoms with van der Waals surface area (Å²) < 4.78 is 0. The van der Waals surface area contributed by atoms with Crippen molar-refractivity contribution in [2.24, 2.45) is 5.73 Å². The van der Waals surface area contributed by atoms with Crippen LogP contribution in [0, 0.1) is 0 Å². The van der Waals surface area contributed by atoms with Crippen LogP contribution in [0.15, 0.2) is 36.7 Å². The summed E-state index contributed by atoms with van der Waals surface area (Å²) >= 11 is 11.0. The van der Waals surface area contributed by atoms with Crippen molar-refractivity contribution >= 4 is 34.6 Å². The molecule has 6 heteroatoms. The van der Waals surface area contributed by atoms with Crippen molar-refractivity contribution in [1.82, 2.24) is 9.97 Å². The van der Waals surface area contributed by atoms with Gasteiger partial charge >= 0.3 is 0 Å².